The Balaban J connectivity index is 2.13. The van der Waals surface area contributed by atoms with Gasteiger partial charge < -0.3 is 0 Å². The van der Waals surface area contributed by atoms with E-state index in [2.05, 4.69) is 31.7 Å². The van der Waals surface area contributed by atoms with Crippen molar-refractivity contribution in [1.82, 2.24) is 4.90 Å². The second-order valence-electron chi connectivity index (χ2n) is 4.60. The maximum Gasteiger partial charge on any atom is 0.0717 e. The fraction of sp³-hybridized carbons (Fsp3) is 0.909. The van der Waals surface area contributed by atoms with E-state index in [0.717, 1.165) is 19.0 Å². The van der Waals surface area contributed by atoms with Gasteiger partial charge in [0.1, 0.15) is 0 Å². The van der Waals surface area contributed by atoms with Gasteiger partial charge in [-0.2, -0.15) is 5.26 Å². The third-order valence-electron chi connectivity index (χ3n) is 2.88. The lowest BCUT2D eigenvalue weighted by molar-refractivity contribution is 0.0816. The van der Waals surface area contributed by atoms with Crippen LogP contribution in [0.4, 0.5) is 0 Å². The molecule has 74 valence electrons. The van der Waals surface area contributed by atoms with E-state index < -0.39 is 0 Å². The Morgan fingerprint density at radius 3 is 2.38 bits per heavy atom. The Labute approximate surface area is 81.5 Å². The Hall–Kier alpha value is -0.550. The van der Waals surface area contributed by atoms with E-state index in [9.17, 15) is 0 Å². The van der Waals surface area contributed by atoms with Crippen molar-refractivity contribution in [3.05, 3.63) is 0 Å². The fourth-order valence-corrected chi connectivity index (χ4v) is 1.71. The zero-order chi connectivity index (χ0) is 9.84. The van der Waals surface area contributed by atoms with E-state index in [1.54, 1.807) is 0 Å². The highest BCUT2D eigenvalue weighted by molar-refractivity contribution is 4.96. The highest BCUT2D eigenvalue weighted by Crippen LogP contribution is 2.21. The summed E-state index contributed by atoms with van der Waals surface area (Å²) in [5.41, 5.74) is 0. The Bertz CT molecular complexity index is 187. The highest BCUT2D eigenvalue weighted by atomic mass is 15.2. The van der Waals surface area contributed by atoms with Crippen LogP contribution in [0.1, 0.15) is 33.6 Å². The van der Waals surface area contributed by atoms with Gasteiger partial charge in [0.25, 0.3) is 0 Å². The predicted molar refractivity (Wildman–Crippen MR) is 54.2 cm³/mol. The quantitative estimate of drug-likeness (QED) is 0.663. The van der Waals surface area contributed by atoms with Gasteiger partial charge in [-0.1, -0.05) is 13.8 Å². The van der Waals surface area contributed by atoms with Crippen LogP contribution in [0, 0.1) is 23.2 Å². The summed E-state index contributed by atoms with van der Waals surface area (Å²) in [6, 6.07) is 2.98. The number of hydrogen-bond donors (Lipinski definition) is 0. The van der Waals surface area contributed by atoms with Crippen molar-refractivity contribution in [3.8, 4) is 6.07 Å². The number of likely N-dealkylation sites (tertiary alicyclic amines) is 1. The van der Waals surface area contributed by atoms with Crippen LogP contribution in [0.15, 0.2) is 0 Å². The second-order valence-corrected chi connectivity index (χ2v) is 4.60. The van der Waals surface area contributed by atoms with Gasteiger partial charge in [0, 0.05) is 19.1 Å². The van der Waals surface area contributed by atoms with Crippen LogP contribution < -0.4 is 0 Å². The van der Waals surface area contributed by atoms with Gasteiger partial charge in [0.15, 0.2) is 0 Å². The molecule has 1 heterocycles. The molecule has 0 radical (unpaired) electrons. The maximum absolute atomic E-state index is 8.63. The third-order valence-corrected chi connectivity index (χ3v) is 2.88. The van der Waals surface area contributed by atoms with Gasteiger partial charge in [-0.05, 0) is 25.7 Å². The summed E-state index contributed by atoms with van der Waals surface area (Å²) in [6.07, 6.45) is 2.57. The van der Waals surface area contributed by atoms with Crippen LogP contribution in [0.5, 0.6) is 0 Å². The molecule has 1 saturated heterocycles. The molecule has 0 aromatic rings. The lowest BCUT2D eigenvalue weighted by atomic mass is 9.96. The average Bonchev–Trinajstić information content (AvgIpc) is 1.99. The van der Waals surface area contributed by atoms with Crippen LogP contribution in [-0.2, 0) is 0 Å². The molecule has 0 aliphatic carbocycles. The monoisotopic (exact) mass is 180 g/mol. The smallest absolute Gasteiger partial charge is 0.0717 e. The lowest BCUT2D eigenvalue weighted by Gasteiger charge is -2.40. The van der Waals surface area contributed by atoms with E-state index in [1.807, 2.05) is 0 Å². The summed E-state index contributed by atoms with van der Waals surface area (Å²) in [7, 11) is 0. The molecule has 0 bridgehead atoms. The largest absolute Gasteiger partial charge is 0.298 e. The lowest BCUT2D eigenvalue weighted by Crippen LogP contribution is -2.50. The van der Waals surface area contributed by atoms with E-state index in [4.69, 9.17) is 5.26 Å². The van der Waals surface area contributed by atoms with Gasteiger partial charge in [0.05, 0.1) is 12.0 Å². The molecule has 0 amide bonds. The molecule has 1 aliphatic rings. The molecule has 0 aromatic heterocycles. The van der Waals surface area contributed by atoms with E-state index >= 15 is 0 Å². The molecule has 1 fully saturated rings. The first-order valence-corrected chi connectivity index (χ1v) is 5.27. The molecule has 1 rings (SSSR count). The van der Waals surface area contributed by atoms with Crippen molar-refractivity contribution in [2.45, 2.75) is 39.7 Å². The van der Waals surface area contributed by atoms with Crippen LogP contribution in [0.25, 0.3) is 0 Å². The molecular weight excluding hydrogens is 160 g/mol. The summed E-state index contributed by atoms with van der Waals surface area (Å²) in [5.74, 6) is 1.11. The Morgan fingerprint density at radius 2 is 1.92 bits per heavy atom. The summed E-state index contributed by atoms with van der Waals surface area (Å²) in [4.78, 5) is 2.41. The molecule has 0 saturated carbocycles. The van der Waals surface area contributed by atoms with Crippen molar-refractivity contribution >= 4 is 0 Å². The van der Waals surface area contributed by atoms with Crippen molar-refractivity contribution in [2.75, 3.05) is 13.1 Å². The van der Waals surface area contributed by atoms with Crippen LogP contribution in [0.2, 0.25) is 0 Å². The average molecular weight is 180 g/mol. The highest BCUT2D eigenvalue weighted by Gasteiger charge is 2.29. The minimum absolute atomic E-state index is 0.307. The van der Waals surface area contributed by atoms with Gasteiger partial charge in [-0.25, -0.2) is 0 Å². The molecule has 0 N–H and O–H groups in total. The topological polar surface area (TPSA) is 27.0 Å². The maximum atomic E-state index is 8.63. The number of nitriles is 1. The van der Waals surface area contributed by atoms with E-state index in [1.165, 1.54) is 12.8 Å². The van der Waals surface area contributed by atoms with Gasteiger partial charge >= 0.3 is 0 Å². The number of rotatable bonds is 4. The van der Waals surface area contributed by atoms with Gasteiger partial charge in [-0.3, -0.25) is 4.90 Å². The van der Waals surface area contributed by atoms with Crippen molar-refractivity contribution in [2.24, 2.45) is 11.8 Å². The molecule has 1 atom stereocenters. The van der Waals surface area contributed by atoms with Gasteiger partial charge in [-0.15, -0.1) is 0 Å². The molecule has 0 spiro atoms. The van der Waals surface area contributed by atoms with Crippen LogP contribution >= 0.6 is 0 Å². The number of nitrogens with zero attached hydrogens (tertiary/aromatic N) is 2. The molecule has 2 heteroatoms. The van der Waals surface area contributed by atoms with Crippen molar-refractivity contribution < 1.29 is 0 Å². The first-order valence-electron chi connectivity index (χ1n) is 5.27. The summed E-state index contributed by atoms with van der Waals surface area (Å²) >= 11 is 0. The van der Waals surface area contributed by atoms with Crippen LogP contribution in [-0.4, -0.2) is 24.0 Å². The Morgan fingerprint density at radius 1 is 1.31 bits per heavy atom. The summed E-state index contributed by atoms with van der Waals surface area (Å²) in [5, 5.41) is 8.63. The summed E-state index contributed by atoms with van der Waals surface area (Å²) in [6.45, 7) is 8.79. The second kappa shape index (κ2) is 4.62. The molecule has 13 heavy (non-hydrogen) atoms. The third kappa shape index (κ3) is 3.00. The molecule has 2 nitrogen and oxygen atoms in total. The molecular formula is C11H20N2. The van der Waals surface area contributed by atoms with E-state index in [-0.39, 0.29) is 0 Å². The zero-order valence-electron chi connectivity index (χ0n) is 8.95. The summed E-state index contributed by atoms with van der Waals surface area (Å²) < 4.78 is 0. The first-order chi connectivity index (χ1) is 6.13. The van der Waals surface area contributed by atoms with Crippen molar-refractivity contribution in [3.63, 3.8) is 0 Å². The van der Waals surface area contributed by atoms with Crippen LogP contribution in [0.3, 0.4) is 0 Å². The van der Waals surface area contributed by atoms with Gasteiger partial charge in [0.2, 0.25) is 0 Å². The SMILES string of the molecule is CC(C)CCC(C)N1CC(C#N)C1. The van der Waals surface area contributed by atoms with E-state index in [0.29, 0.717) is 12.0 Å². The standard InChI is InChI=1S/C11H20N2/c1-9(2)4-5-10(3)13-7-11(6-12)8-13/h9-11H,4-5,7-8H2,1-3H3. The zero-order valence-corrected chi connectivity index (χ0v) is 8.95. The molecule has 0 aromatic carbocycles. The first kappa shape index (κ1) is 10.5. The van der Waals surface area contributed by atoms with Crippen molar-refractivity contribution in [1.29, 1.82) is 5.26 Å². The molecule has 1 aliphatic heterocycles. The minimum atomic E-state index is 0.307. The fourth-order valence-electron chi connectivity index (χ4n) is 1.71. The Kier molecular flexibility index (Phi) is 3.74. The minimum Gasteiger partial charge on any atom is -0.298 e. The normalized spacial score (nSPS) is 21.2. The number of hydrogen-bond acceptors (Lipinski definition) is 2. The predicted octanol–water partition coefficient (Wildman–Crippen LogP) is 2.27. The molecule has 1 unspecified atom stereocenters.